The summed E-state index contributed by atoms with van der Waals surface area (Å²) in [6, 6.07) is 15.7. The van der Waals surface area contributed by atoms with Crippen molar-refractivity contribution >= 4 is 32.9 Å². The molecule has 0 fully saturated rings. The summed E-state index contributed by atoms with van der Waals surface area (Å²) in [6.07, 6.45) is 3.49. The molecule has 20 heavy (non-hydrogen) atoms. The van der Waals surface area contributed by atoms with E-state index in [1.807, 2.05) is 48.7 Å². The maximum absolute atomic E-state index is 9.28. The van der Waals surface area contributed by atoms with Gasteiger partial charge in [0, 0.05) is 6.07 Å². The molecule has 3 rings (SSSR count). The van der Waals surface area contributed by atoms with Crippen LogP contribution in [0.15, 0.2) is 54.9 Å². The Hall–Kier alpha value is -2.71. The van der Waals surface area contributed by atoms with Gasteiger partial charge >= 0.3 is 0 Å². The third-order valence-corrected chi connectivity index (χ3v) is 3.80. The van der Waals surface area contributed by atoms with Crippen LogP contribution in [0.5, 0.6) is 0 Å². The molecule has 0 aliphatic carbocycles. The predicted molar refractivity (Wildman–Crippen MR) is 79.8 cm³/mol. The molecule has 0 saturated carbocycles. The van der Waals surface area contributed by atoms with Gasteiger partial charge in [0.1, 0.15) is 22.8 Å². The molecule has 0 saturated heterocycles. The SMILES string of the molecule is N#CC(=CNc1cccc[nH+]1)c1nc2ccccc2s1. The van der Waals surface area contributed by atoms with Crippen molar-refractivity contribution < 1.29 is 4.98 Å². The molecule has 1 aromatic carbocycles. The minimum atomic E-state index is 0.517. The molecule has 2 N–H and O–H groups in total. The Labute approximate surface area is 120 Å². The van der Waals surface area contributed by atoms with Crippen LogP contribution >= 0.6 is 11.3 Å². The van der Waals surface area contributed by atoms with Crippen LogP contribution in [0.2, 0.25) is 0 Å². The summed E-state index contributed by atoms with van der Waals surface area (Å²) in [4.78, 5) is 7.52. The second-order valence-corrected chi connectivity index (χ2v) is 5.11. The molecule has 2 aromatic heterocycles. The van der Waals surface area contributed by atoms with E-state index in [2.05, 4.69) is 21.4 Å². The minimum absolute atomic E-state index is 0.517. The molecule has 0 bridgehead atoms. The number of aromatic nitrogens is 2. The van der Waals surface area contributed by atoms with Gasteiger partial charge < -0.3 is 0 Å². The fourth-order valence-corrected chi connectivity index (χ4v) is 2.69. The Kier molecular flexibility index (Phi) is 3.40. The number of anilines is 1. The van der Waals surface area contributed by atoms with Crippen molar-refractivity contribution in [2.75, 3.05) is 5.32 Å². The largest absolute Gasteiger partial charge is 0.276 e. The summed E-state index contributed by atoms with van der Waals surface area (Å²) in [7, 11) is 0. The Bertz CT molecular complexity index is 766. The number of fused-ring (bicyclic) bond motifs is 1. The number of thiazole rings is 1. The average Bonchev–Trinajstić information content (AvgIpc) is 2.92. The first-order chi connectivity index (χ1) is 9.86. The van der Waals surface area contributed by atoms with Crippen LogP contribution in [0.4, 0.5) is 5.82 Å². The summed E-state index contributed by atoms with van der Waals surface area (Å²) in [5.41, 5.74) is 1.43. The van der Waals surface area contributed by atoms with Crippen molar-refractivity contribution in [3.8, 4) is 6.07 Å². The van der Waals surface area contributed by atoms with Crippen LogP contribution in [-0.4, -0.2) is 4.98 Å². The zero-order valence-electron chi connectivity index (χ0n) is 10.5. The third kappa shape index (κ3) is 2.51. The van der Waals surface area contributed by atoms with Gasteiger partial charge in [-0.25, -0.2) is 15.3 Å². The molecule has 0 amide bonds. The van der Waals surface area contributed by atoms with E-state index in [1.165, 1.54) is 11.3 Å². The molecule has 3 aromatic rings. The van der Waals surface area contributed by atoms with E-state index in [-0.39, 0.29) is 0 Å². The Morgan fingerprint density at radius 1 is 1.25 bits per heavy atom. The number of para-hydroxylation sites is 1. The van der Waals surface area contributed by atoms with Gasteiger partial charge in [0.05, 0.1) is 16.4 Å². The molecule has 0 radical (unpaired) electrons. The van der Waals surface area contributed by atoms with E-state index in [1.54, 1.807) is 6.20 Å². The quantitative estimate of drug-likeness (QED) is 0.749. The first-order valence-corrected chi connectivity index (χ1v) is 6.88. The summed E-state index contributed by atoms with van der Waals surface area (Å²) < 4.78 is 1.08. The van der Waals surface area contributed by atoms with Crippen molar-refractivity contribution in [3.05, 3.63) is 59.9 Å². The van der Waals surface area contributed by atoms with Crippen molar-refractivity contribution in [2.24, 2.45) is 0 Å². The van der Waals surface area contributed by atoms with Crippen molar-refractivity contribution in [3.63, 3.8) is 0 Å². The maximum atomic E-state index is 9.28. The van der Waals surface area contributed by atoms with Crippen LogP contribution in [0.1, 0.15) is 5.01 Å². The van der Waals surface area contributed by atoms with Gasteiger partial charge in [-0.2, -0.15) is 5.26 Å². The Morgan fingerprint density at radius 3 is 2.85 bits per heavy atom. The molecule has 5 heteroatoms. The molecule has 4 nitrogen and oxygen atoms in total. The Morgan fingerprint density at radius 2 is 2.10 bits per heavy atom. The lowest BCUT2D eigenvalue weighted by Gasteiger charge is -1.92. The van der Waals surface area contributed by atoms with Gasteiger partial charge in [0.25, 0.3) is 5.82 Å². The molecule has 0 unspecified atom stereocenters. The summed E-state index contributed by atoms with van der Waals surface area (Å²) >= 11 is 1.51. The predicted octanol–water partition coefficient (Wildman–Crippen LogP) is 3.09. The van der Waals surface area contributed by atoms with Gasteiger partial charge in [-0.15, -0.1) is 11.3 Å². The maximum Gasteiger partial charge on any atom is 0.276 e. The number of nitrogens with one attached hydrogen (secondary N) is 2. The molecule has 0 aliphatic rings. The number of hydrogen-bond acceptors (Lipinski definition) is 4. The van der Waals surface area contributed by atoms with Gasteiger partial charge in [-0.3, -0.25) is 0 Å². The molecule has 2 heterocycles. The lowest BCUT2D eigenvalue weighted by molar-refractivity contribution is -0.360. The van der Waals surface area contributed by atoms with Crippen LogP contribution in [0.3, 0.4) is 0 Å². The number of benzene rings is 1. The number of hydrogen-bond donors (Lipinski definition) is 1. The average molecular weight is 279 g/mol. The lowest BCUT2D eigenvalue weighted by atomic mass is 10.3. The van der Waals surface area contributed by atoms with Crippen molar-refractivity contribution in [1.82, 2.24) is 4.98 Å². The summed E-state index contributed by atoms with van der Waals surface area (Å²) in [6.45, 7) is 0. The van der Waals surface area contributed by atoms with Crippen LogP contribution in [0.25, 0.3) is 15.8 Å². The first kappa shape index (κ1) is 12.3. The number of nitrogens with zero attached hydrogens (tertiary/aromatic N) is 2. The molecule has 96 valence electrons. The van der Waals surface area contributed by atoms with Crippen molar-refractivity contribution in [1.29, 1.82) is 5.26 Å². The third-order valence-electron chi connectivity index (χ3n) is 2.73. The number of pyridine rings is 1. The topological polar surface area (TPSA) is 62.9 Å². The highest BCUT2D eigenvalue weighted by Gasteiger charge is 2.09. The second-order valence-electron chi connectivity index (χ2n) is 4.08. The molecular formula is C15H11N4S+. The van der Waals surface area contributed by atoms with Gasteiger partial charge in [0.2, 0.25) is 0 Å². The zero-order chi connectivity index (χ0) is 13.8. The van der Waals surface area contributed by atoms with Gasteiger partial charge in [-0.05, 0) is 18.2 Å². The van der Waals surface area contributed by atoms with Gasteiger partial charge in [-0.1, -0.05) is 18.2 Å². The highest BCUT2D eigenvalue weighted by atomic mass is 32.1. The van der Waals surface area contributed by atoms with E-state index in [0.29, 0.717) is 5.57 Å². The number of H-pyrrole nitrogens is 1. The fraction of sp³-hybridized carbons (Fsp3) is 0. The number of rotatable bonds is 3. The minimum Gasteiger partial charge on any atom is -0.248 e. The molecule has 0 aliphatic heterocycles. The van der Waals surface area contributed by atoms with E-state index in [0.717, 1.165) is 21.0 Å². The first-order valence-electron chi connectivity index (χ1n) is 6.06. The number of nitriles is 1. The Balaban J connectivity index is 1.91. The smallest absolute Gasteiger partial charge is 0.248 e. The zero-order valence-corrected chi connectivity index (χ0v) is 11.3. The number of aromatic amines is 1. The van der Waals surface area contributed by atoms with E-state index < -0.39 is 0 Å². The van der Waals surface area contributed by atoms with Crippen LogP contribution < -0.4 is 10.3 Å². The molecule has 0 atom stereocenters. The number of allylic oxidation sites excluding steroid dienone is 1. The van der Waals surface area contributed by atoms with E-state index in [4.69, 9.17) is 0 Å². The second kappa shape index (κ2) is 5.51. The molecular weight excluding hydrogens is 268 g/mol. The highest BCUT2D eigenvalue weighted by Crippen LogP contribution is 2.26. The summed E-state index contributed by atoms with van der Waals surface area (Å²) in [5, 5.41) is 13.1. The highest BCUT2D eigenvalue weighted by molar-refractivity contribution is 7.19. The molecule has 0 spiro atoms. The van der Waals surface area contributed by atoms with Crippen LogP contribution in [0, 0.1) is 11.3 Å². The van der Waals surface area contributed by atoms with E-state index in [9.17, 15) is 5.26 Å². The van der Waals surface area contributed by atoms with Gasteiger partial charge in [0.15, 0.2) is 0 Å². The monoisotopic (exact) mass is 279 g/mol. The lowest BCUT2D eigenvalue weighted by Crippen LogP contribution is -2.07. The van der Waals surface area contributed by atoms with Crippen molar-refractivity contribution in [2.45, 2.75) is 0 Å². The fourth-order valence-electron chi connectivity index (χ4n) is 1.76. The van der Waals surface area contributed by atoms with Crippen LogP contribution in [-0.2, 0) is 0 Å². The normalized spacial score (nSPS) is 11.2. The standard InChI is InChI=1S/C15H10N4S/c16-9-11(10-18-14-7-3-4-8-17-14)15-19-12-5-1-2-6-13(12)20-15/h1-8,10H,(H,17,18)/p+1. The summed E-state index contributed by atoms with van der Waals surface area (Å²) in [5.74, 6) is 0.821. The van der Waals surface area contributed by atoms with E-state index >= 15 is 0 Å².